The van der Waals surface area contributed by atoms with Crippen LogP contribution < -0.4 is 20.3 Å². The van der Waals surface area contributed by atoms with E-state index in [1.165, 1.54) is 0 Å². The van der Waals surface area contributed by atoms with Gasteiger partial charge in [-0.2, -0.15) is 0 Å². The fraction of sp³-hybridized carbons (Fsp3) is 0.579. The van der Waals surface area contributed by atoms with Crippen molar-refractivity contribution < 1.29 is 14.3 Å². The van der Waals surface area contributed by atoms with Crippen LogP contribution in [0.2, 0.25) is 0 Å². The van der Waals surface area contributed by atoms with Gasteiger partial charge >= 0.3 is 0 Å². The molecule has 2 fully saturated rings. The molecule has 0 saturated carbocycles. The number of carbonyl (C=O) groups excluding carboxylic acids is 2. The third kappa shape index (κ3) is 4.51. The van der Waals surface area contributed by atoms with Crippen molar-refractivity contribution >= 4 is 23.2 Å². The Bertz CT molecular complexity index is 626. The minimum Gasteiger partial charge on any atom is -0.495 e. The van der Waals surface area contributed by atoms with Crippen LogP contribution in [0.15, 0.2) is 18.2 Å². The van der Waals surface area contributed by atoms with Crippen LogP contribution in [0.25, 0.3) is 0 Å². The van der Waals surface area contributed by atoms with Crippen LogP contribution in [-0.2, 0) is 9.59 Å². The molecule has 1 aromatic carbocycles. The topological polar surface area (TPSA) is 70.7 Å². The van der Waals surface area contributed by atoms with E-state index >= 15 is 0 Å². The molecule has 0 aliphatic carbocycles. The van der Waals surface area contributed by atoms with E-state index in [0.29, 0.717) is 36.7 Å². The van der Waals surface area contributed by atoms with Crippen molar-refractivity contribution in [3.05, 3.63) is 18.2 Å². The second-order valence-corrected chi connectivity index (χ2v) is 6.82. The molecule has 25 heavy (non-hydrogen) atoms. The summed E-state index contributed by atoms with van der Waals surface area (Å²) in [4.78, 5) is 26.0. The fourth-order valence-corrected chi connectivity index (χ4v) is 3.61. The Balaban J connectivity index is 1.61. The molecular formula is C19H27N3O3. The summed E-state index contributed by atoms with van der Waals surface area (Å²) < 4.78 is 5.38. The predicted octanol–water partition coefficient (Wildman–Crippen LogP) is 2.54. The monoisotopic (exact) mass is 345 g/mol. The van der Waals surface area contributed by atoms with Gasteiger partial charge in [0.1, 0.15) is 5.75 Å². The maximum absolute atomic E-state index is 12.3. The van der Waals surface area contributed by atoms with Crippen LogP contribution in [0.5, 0.6) is 5.75 Å². The van der Waals surface area contributed by atoms with Crippen LogP contribution in [0, 0.1) is 5.92 Å². The molecule has 2 heterocycles. The first-order valence-corrected chi connectivity index (χ1v) is 9.16. The van der Waals surface area contributed by atoms with Gasteiger partial charge in [-0.25, -0.2) is 0 Å². The largest absolute Gasteiger partial charge is 0.495 e. The molecule has 0 bridgehead atoms. The summed E-state index contributed by atoms with van der Waals surface area (Å²) in [5.41, 5.74) is 1.45. The molecule has 2 aliphatic rings. The highest BCUT2D eigenvalue weighted by molar-refractivity contribution is 5.98. The summed E-state index contributed by atoms with van der Waals surface area (Å²) in [5.74, 6) is 1.43. The van der Waals surface area contributed by atoms with Crippen molar-refractivity contribution in [3.8, 4) is 5.75 Å². The molecule has 3 rings (SSSR count). The van der Waals surface area contributed by atoms with Crippen molar-refractivity contribution in [2.24, 2.45) is 5.92 Å². The van der Waals surface area contributed by atoms with E-state index in [2.05, 4.69) is 10.6 Å². The predicted molar refractivity (Wildman–Crippen MR) is 98.0 cm³/mol. The molecule has 1 aromatic rings. The zero-order chi connectivity index (χ0) is 17.6. The van der Waals surface area contributed by atoms with Crippen molar-refractivity contribution in [3.63, 3.8) is 0 Å². The fourth-order valence-electron chi connectivity index (χ4n) is 3.61. The van der Waals surface area contributed by atoms with Crippen LogP contribution in [0.1, 0.15) is 38.5 Å². The number of hydrogen-bond acceptors (Lipinski definition) is 4. The molecule has 136 valence electrons. The second kappa shape index (κ2) is 8.34. The van der Waals surface area contributed by atoms with Gasteiger partial charge in [-0.15, -0.1) is 0 Å². The Morgan fingerprint density at radius 2 is 2.16 bits per heavy atom. The van der Waals surface area contributed by atoms with Crippen LogP contribution >= 0.6 is 0 Å². The number of nitrogens with one attached hydrogen (secondary N) is 2. The highest BCUT2D eigenvalue weighted by atomic mass is 16.5. The third-order valence-electron chi connectivity index (χ3n) is 5.07. The van der Waals surface area contributed by atoms with E-state index in [1.807, 2.05) is 18.2 Å². The number of ether oxygens (including phenoxy) is 1. The number of nitrogens with zero attached hydrogens (tertiary/aromatic N) is 1. The lowest BCUT2D eigenvalue weighted by Crippen LogP contribution is -2.28. The van der Waals surface area contributed by atoms with Gasteiger partial charge in [0.2, 0.25) is 11.8 Å². The normalized spacial score (nSPS) is 18.4. The maximum atomic E-state index is 12.3. The van der Waals surface area contributed by atoms with Gasteiger partial charge in [0, 0.05) is 25.1 Å². The molecule has 0 atom stereocenters. The first kappa shape index (κ1) is 17.7. The van der Waals surface area contributed by atoms with Gasteiger partial charge < -0.3 is 20.3 Å². The summed E-state index contributed by atoms with van der Waals surface area (Å²) >= 11 is 0. The Kier molecular flexibility index (Phi) is 5.91. The van der Waals surface area contributed by atoms with Crippen LogP contribution in [-0.4, -0.2) is 38.6 Å². The Hall–Kier alpha value is -2.08. The van der Waals surface area contributed by atoms with E-state index in [0.717, 1.165) is 44.5 Å². The molecule has 6 heteroatoms. The average Bonchev–Trinajstić information content (AvgIpc) is 3.06. The quantitative estimate of drug-likeness (QED) is 0.831. The summed E-state index contributed by atoms with van der Waals surface area (Å²) in [6.45, 7) is 2.80. The second-order valence-electron chi connectivity index (χ2n) is 6.82. The number of anilines is 2. The van der Waals surface area contributed by atoms with Gasteiger partial charge in [-0.1, -0.05) is 0 Å². The molecule has 0 spiro atoms. The molecule has 0 radical (unpaired) electrons. The molecular weight excluding hydrogens is 318 g/mol. The van der Waals surface area contributed by atoms with Crippen LogP contribution in [0.4, 0.5) is 11.4 Å². The van der Waals surface area contributed by atoms with Gasteiger partial charge in [-0.3, -0.25) is 9.59 Å². The highest BCUT2D eigenvalue weighted by Gasteiger charge is 2.25. The van der Waals surface area contributed by atoms with Crippen LogP contribution in [0.3, 0.4) is 0 Å². The lowest BCUT2D eigenvalue weighted by atomic mass is 9.93. The zero-order valence-electron chi connectivity index (χ0n) is 14.8. The minimum absolute atomic E-state index is 0.0300. The average molecular weight is 345 g/mol. The number of benzene rings is 1. The number of piperidine rings is 1. The summed E-state index contributed by atoms with van der Waals surface area (Å²) in [5, 5.41) is 6.31. The minimum atomic E-state index is 0.0300. The first-order chi connectivity index (χ1) is 12.2. The van der Waals surface area contributed by atoms with E-state index in [4.69, 9.17) is 4.74 Å². The van der Waals surface area contributed by atoms with E-state index in [-0.39, 0.29) is 11.8 Å². The van der Waals surface area contributed by atoms with Gasteiger partial charge in [0.15, 0.2) is 0 Å². The first-order valence-electron chi connectivity index (χ1n) is 9.16. The SMILES string of the molecule is COc1ccc(NC(=O)CCC2CCNCC2)cc1N1CCCC1=O. The number of amides is 2. The lowest BCUT2D eigenvalue weighted by Gasteiger charge is -2.22. The highest BCUT2D eigenvalue weighted by Crippen LogP contribution is 2.34. The molecule has 0 aromatic heterocycles. The summed E-state index contributed by atoms with van der Waals surface area (Å²) in [7, 11) is 1.59. The third-order valence-corrected chi connectivity index (χ3v) is 5.07. The molecule has 2 saturated heterocycles. The molecule has 2 N–H and O–H groups in total. The Morgan fingerprint density at radius 3 is 2.84 bits per heavy atom. The standard InChI is InChI=1S/C19H27N3O3/c1-25-17-6-5-15(13-16(17)22-12-2-3-19(22)24)21-18(23)7-4-14-8-10-20-11-9-14/h5-6,13-14,20H,2-4,7-12H2,1H3,(H,21,23). The lowest BCUT2D eigenvalue weighted by molar-refractivity contribution is -0.117. The smallest absolute Gasteiger partial charge is 0.227 e. The van der Waals surface area contributed by atoms with E-state index in [1.54, 1.807) is 12.0 Å². The molecule has 2 aliphatic heterocycles. The van der Waals surface area contributed by atoms with E-state index in [9.17, 15) is 9.59 Å². The van der Waals surface area contributed by atoms with Crippen molar-refractivity contribution in [1.82, 2.24) is 5.32 Å². The maximum Gasteiger partial charge on any atom is 0.227 e. The number of hydrogen-bond donors (Lipinski definition) is 2. The van der Waals surface area contributed by atoms with Crippen molar-refractivity contribution in [2.45, 2.75) is 38.5 Å². The Labute approximate surface area is 148 Å². The van der Waals surface area contributed by atoms with Crippen molar-refractivity contribution in [2.75, 3.05) is 37.0 Å². The van der Waals surface area contributed by atoms with E-state index < -0.39 is 0 Å². The van der Waals surface area contributed by atoms with Gasteiger partial charge in [0.05, 0.1) is 12.8 Å². The van der Waals surface area contributed by atoms with Gasteiger partial charge in [-0.05, 0) is 62.9 Å². The molecule has 6 nitrogen and oxygen atoms in total. The number of carbonyl (C=O) groups is 2. The number of methoxy groups -OCH3 is 1. The van der Waals surface area contributed by atoms with Gasteiger partial charge in [0.25, 0.3) is 0 Å². The molecule has 0 unspecified atom stereocenters. The zero-order valence-corrected chi connectivity index (χ0v) is 14.8. The number of rotatable bonds is 6. The summed E-state index contributed by atoms with van der Waals surface area (Å²) in [6, 6.07) is 5.47. The molecule has 2 amide bonds. The van der Waals surface area contributed by atoms with Crippen molar-refractivity contribution in [1.29, 1.82) is 0 Å². The Morgan fingerprint density at radius 1 is 1.36 bits per heavy atom. The summed E-state index contributed by atoms with van der Waals surface area (Å²) in [6.07, 6.45) is 5.19.